The number of fused-ring (bicyclic) bond motifs is 1. The molecule has 23 heavy (non-hydrogen) atoms. The minimum Gasteiger partial charge on any atom is -0.293 e. The standard InChI is InChI=1S/C17H21N3O2S/c1-3-9-20-16(22)18-19-17(20)23-11(2)15(21)14-8-7-12-5-4-6-13(12)10-14/h7-8,10-11H,3-6,9H2,1-2H3,(H,18,22). The number of thioether (sulfide) groups is 1. The maximum Gasteiger partial charge on any atom is 0.343 e. The molecule has 5 nitrogen and oxygen atoms in total. The fourth-order valence-corrected chi connectivity index (χ4v) is 3.94. The van der Waals surface area contributed by atoms with Crippen LogP contribution in [0.3, 0.4) is 0 Å². The monoisotopic (exact) mass is 331 g/mol. The van der Waals surface area contributed by atoms with Crippen molar-refractivity contribution in [2.45, 2.75) is 56.5 Å². The van der Waals surface area contributed by atoms with Gasteiger partial charge < -0.3 is 0 Å². The molecular weight excluding hydrogens is 310 g/mol. The van der Waals surface area contributed by atoms with Crippen molar-refractivity contribution in [2.75, 3.05) is 0 Å². The normalized spacial score (nSPS) is 14.7. The van der Waals surface area contributed by atoms with Crippen LogP contribution in [0.15, 0.2) is 28.2 Å². The highest BCUT2D eigenvalue weighted by molar-refractivity contribution is 8.00. The van der Waals surface area contributed by atoms with E-state index in [4.69, 9.17) is 0 Å². The summed E-state index contributed by atoms with van der Waals surface area (Å²) < 4.78 is 1.59. The predicted molar refractivity (Wildman–Crippen MR) is 91.3 cm³/mol. The van der Waals surface area contributed by atoms with Crippen LogP contribution in [0.5, 0.6) is 0 Å². The zero-order valence-corrected chi connectivity index (χ0v) is 14.3. The molecule has 122 valence electrons. The van der Waals surface area contributed by atoms with E-state index in [0.717, 1.165) is 24.8 Å². The molecule has 0 fully saturated rings. The first-order chi connectivity index (χ1) is 11.1. The summed E-state index contributed by atoms with van der Waals surface area (Å²) in [6.45, 7) is 4.49. The number of aryl methyl sites for hydroxylation is 2. The molecule has 0 saturated heterocycles. The molecule has 0 amide bonds. The van der Waals surface area contributed by atoms with Gasteiger partial charge in [-0.15, -0.1) is 5.10 Å². The van der Waals surface area contributed by atoms with Gasteiger partial charge in [0.1, 0.15) is 0 Å². The number of nitrogens with one attached hydrogen (secondary N) is 1. The smallest absolute Gasteiger partial charge is 0.293 e. The van der Waals surface area contributed by atoms with Crippen LogP contribution in [0, 0.1) is 0 Å². The van der Waals surface area contributed by atoms with Gasteiger partial charge in [0.05, 0.1) is 5.25 Å². The molecule has 0 radical (unpaired) electrons. The highest BCUT2D eigenvalue weighted by Gasteiger charge is 2.21. The fraction of sp³-hybridized carbons (Fsp3) is 0.471. The summed E-state index contributed by atoms with van der Waals surface area (Å²) in [5.41, 5.74) is 3.21. The van der Waals surface area contributed by atoms with Gasteiger partial charge in [-0.25, -0.2) is 9.89 Å². The summed E-state index contributed by atoms with van der Waals surface area (Å²) >= 11 is 1.34. The summed E-state index contributed by atoms with van der Waals surface area (Å²) in [6, 6.07) is 6.03. The fourth-order valence-electron chi connectivity index (χ4n) is 2.99. The van der Waals surface area contributed by atoms with E-state index in [1.54, 1.807) is 4.57 Å². The van der Waals surface area contributed by atoms with Gasteiger partial charge in [0.15, 0.2) is 10.9 Å². The van der Waals surface area contributed by atoms with E-state index in [2.05, 4.69) is 16.3 Å². The van der Waals surface area contributed by atoms with Crippen LogP contribution in [-0.2, 0) is 19.4 Å². The average molecular weight is 331 g/mol. The number of Topliss-reactive ketones (excluding diaryl/α,β-unsaturated/α-hetero) is 1. The van der Waals surface area contributed by atoms with E-state index in [1.807, 2.05) is 26.0 Å². The average Bonchev–Trinajstić information content (AvgIpc) is 3.15. The third kappa shape index (κ3) is 3.27. The SMILES string of the molecule is CCCn1c(SC(C)C(=O)c2ccc3c(c2)CCC3)n[nH]c1=O. The van der Waals surface area contributed by atoms with Crippen LogP contribution in [0.25, 0.3) is 0 Å². The van der Waals surface area contributed by atoms with Gasteiger partial charge in [-0.1, -0.05) is 30.8 Å². The van der Waals surface area contributed by atoms with Crippen molar-refractivity contribution < 1.29 is 4.79 Å². The Morgan fingerprint density at radius 3 is 2.96 bits per heavy atom. The van der Waals surface area contributed by atoms with Crippen LogP contribution in [0.2, 0.25) is 0 Å². The summed E-state index contributed by atoms with van der Waals surface area (Å²) in [7, 11) is 0. The lowest BCUT2D eigenvalue weighted by atomic mass is 10.0. The summed E-state index contributed by atoms with van der Waals surface area (Å²) in [6.07, 6.45) is 4.20. The van der Waals surface area contributed by atoms with Crippen LogP contribution in [-0.4, -0.2) is 25.8 Å². The van der Waals surface area contributed by atoms with Crippen molar-refractivity contribution in [3.63, 3.8) is 0 Å². The molecule has 1 aromatic carbocycles. The molecule has 1 aromatic heterocycles. The maximum atomic E-state index is 12.7. The maximum absolute atomic E-state index is 12.7. The highest BCUT2D eigenvalue weighted by atomic mass is 32.2. The molecule has 2 aromatic rings. The molecule has 0 aliphatic heterocycles. The minimum absolute atomic E-state index is 0.0863. The van der Waals surface area contributed by atoms with Gasteiger partial charge in [-0.2, -0.15) is 0 Å². The largest absolute Gasteiger partial charge is 0.343 e. The van der Waals surface area contributed by atoms with Crippen LogP contribution in [0.1, 0.15) is 48.2 Å². The summed E-state index contributed by atoms with van der Waals surface area (Å²) in [5.74, 6) is 0.0863. The van der Waals surface area contributed by atoms with Crippen molar-refractivity contribution in [1.29, 1.82) is 0 Å². The minimum atomic E-state index is -0.278. The molecule has 1 atom stereocenters. The van der Waals surface area contributed by atoms with E-state index in [1.165, 1.54) is 29.3 Å². The molecule has 6 heteroatoms. The molecule has 1 aliphatic rings. The molecule has 1 aliphatic carbocycles. The Hall–Kier alpha value is -1.82. The Bertz CT molecular complexity index is 778. The topological polar surface area (TPSA) is 67.8 Å². The van der Waals surface area contributed by atoms with E-state index in [0.29, 0.717) is 11.7 Å². The van der Waals surface area contributed by atoms with E-state index in [9.17, 15) is 9.59 Å². The van der Waals surface area contributed by atoms with Gasteiger partial charge in [-0.3, -0.25) is 9.36 Å². The molecular formula is C17H21N3O2S. The second kappa shape index (κ2) is 6.74. The lowest BCUT2D eigenvalue weighted by Crippen LogP contribution is -2.19. The Morgan fingerprint density at radius 1 is 1.39 bits per heavy atom. The Kier molecular flexibility index (Phi) is 4.71. The lowest BCUT2D eigenvalue weighted by molar-refractivity contribution is 0.0993. The Labute approximate surface area is 139 Å². The predicted octanol–water partition coefficient (Wildman–Crippen LogP) is 2.83. The van der Waals surface area contributed by atoms with E-state index >= 15 is 0 Å². The zero-order chi connectivity index (χ0) is 16.4. The summed E-state index contributed by atoms with van der Waals surface area (Å²) in [4.78, 5) is 24.4. The third-order valence-corrected chi connectivity index (χ3v) is 5.30. The second-order valence-electron chi connectivity index (χ2n) is 5.92. The quantitative estimate of drug-likeness (QED) is 0.653. The van der Waals surface area contributed by atoms with Gasteiger partial charge >= 0.3 is 5.69 Å². The number of rotatable bonds is 6. The lowest BCUT2D eigenvalue weighted by Gasteiger charge is -2.11. The van der Waals surface area contributed by atoms with Gasteiger partial charge in [-0.05, 0) is 49.8 Å². The number of ketones is 1. The molecule has 1 N–H and O–H groups in total. The van der Waals surface area contributed by atoms with Gasteiger partial charge in [0, 0.05) is 12.1 Å². The van der Waals surface area contributed by atoms with Crippen LogP contribution < -0.4 is 5.69 Å². The first-order valence-electron chi connectivity index (χ1n) is 8.08. The molecule has 0 bridgehead atoms. The number of aromatic nitrogens is 3. The molecule has 1 heterocycles. The van der Waals surface area contributed by atoms with Crippen molar-refractivity contribution in [3.8, 4) is 0 Å². The first-order valence-corrected chi connectivity index (χ1v) is 8.96. The summed E-state index contributed by atoms with van der Waals surface area (Å²) in [5, 5.41) is 6.81. The van der Waals surface area contributed by atoms with Crippen molar-refractivity contribution >= 4 is 17.5 Å². The number of carbonyl (C=O) groups excluding carboxylic acids is 1. The van der Waals surface area contributed by atoms with Crippen LogP contribution >= 0.6 is 11.8 Å². The molecule has 0 saturated carbocycles. The first kappa shape index (κ1) is 16.1. The zero-order valence-electron chi connectivity index (χ0n) is 13.5. The number of hydrogen-bond donors (Lipinski definition) is 1. The van der Waals surface area contributed by atoms with Crippen molar-refractivity contribution in [1.82, 2.24) is 14.8 Å². The van der Waals surface area contributed by atoms with Crippen molar-refractivity contribution in [2.24, 2.45) is 0 Å². The number of nitrogens with zero attached hydrogens (tertiary/aromatic N) is 2. The van der Waals surface area contributed by atoms with E-state index in [-0.39, 0.29) is 16.7 Å². The Balaban J connectivity index is 1.77. The van der Waals surface area contributed by atoms with E-state index < -0.39 is 0 Å². The second-order valence-corrected chi connectivity index (χ2v) is 7.23. The van der Waals surface area contributed by atoms with Crippen LogP contribution in [0.4, 0.5) is 0 Å². The van der Waals surface area contributed by atoms with Crippen molar-refractivity contribution in [3.05, 3.63) is 45.4 Å². The number of carbonyl (C=O) groups is 1. The highest BCUT2D eigenvalue weighted by Crippen LogP contribution is 2.27. The molecule has 0 spiro atoms. The number of H-pyrrole nitrogens is 1. The number of aromatic amines is 1. The van der Waals surface area contributed by atoms with Gasteiger partial charge in [0.2, 0.25) is 0 Å². The number of hydrogen-bond acceptors (Lipinski definition) is 4. The van der Waals surface area contributed by atoms with Gasteiger partial charge in [0.25, 0.3) is 0 Å². The molecule has 1 unspecified atom stereocenters. The Morgan fingerprint density at radius 2 is 2.17 bits per heavy atom. The number of benzene rings is 1. The molecule has 3 rings (SSSR count). The third-order valence-electron chi connectivity index (χ3n) is 4.20.